The molecule has 0 bridgehead atoms. The van der Waals surface area contributed by atoms with Crippen LogP contribution in [0.2, 0.25) is 0 Å². The van der Waals surface area contributed by atoms with E-state index in [-0.39, 0.29) is 5.91 Å². The maximum Gasteiger partial charge on any atom is 0.238 e. The molecule has 0 saturated carbocycles. The van der Waals surface area contributed by atoms with Crippen LogP contribution >= 0.6 is 0 Å². The molecule has 3 N–H and O–H groups in total. The molecule has 0 aliphatic carbocycles. The maximum atomic E-state index is 12.0. The highest BCUT2D eigenvalue weighted by Gasteiger charge is 2.10. The maximum absolute atomic E-state index is 12.0. The van der Waals surface area contributed by atoms with Crippen LogP contribution in [0.5, 0.6) is 0 Å². The summed E-state index contributed by atoms with van der Waals surface area (Å²) in [6.45, 7) is 8.49. The van der Waals surface area contributed by atoms with Gasteiger partial charge in [-0.1, -0.05) is 26.3 Å². The number of benzene rings is 1. The minimum atomic E-state index is 0.0200. The van der Waals surface area contributed by atoms with Gasteiger partial charge < -0.3 is 11.1 Å². The molecule has 0 heterocycles. The molecule has 4 nitrogen and oxygen atoms in total. The first kappa shape index (κ1) is 15.5. The Labute approximate surface area is 116 Å². The average molecular weight is 263 g/mol. The fraction of sp³-hybridized carbons (Fsp3) is 0.533. The summed E-state index contributed by atoms with van der Waals surface area (Å²) in [7, 11) is 0. The highest BCUT2D eigenvalue weighted by Crippen LogP contribution is 2.17. The number of nitrogens with zero attached hydrogens (tertiary/aromatic N) is 1. The van der Waals surface area contributed by atoms with Crippen molar-refractivity contribution in [3.05, 3.63) is 23.8 Å². The molecule has 1 aromatic rings. The summed E-state index contributed by atoms with van der Waals surface area (Å²) in [6, 6.07) is 5.56. The summed E-state index contributed by atoms with van der Waals surface area (Å²) < 4.78 is 0. The van der Waals surface area contributed by atoms with E-state index in [1.165, 1.54) is 0 Å². The number of hydrogen-bond acceptors (Lipinski definition) is 3. The summed E-state index contributed by atoms with van der Waals surface area (Å²) >= 11 is 0. The van der Waals surface area contributed by atoms with Gasteiger partial charge in [0.1, 0.15) is 0 Å². The van der Waals surface area contributed by atoms with E-state index in [4.69, 9.17) is 5.73 Å². The van der Waals surface area contributed by atoms with Crippen molar-refractivity contribution in [3.8, 4) is 0 Å². The molecule has 0 aromatic heterocycles. The molecular weight excluding hydrogens is 238 g/mol. The van der Waals surface area contributed by atoms with E-state index in [9.17, 15) is 4.79 Å². The van der Waals surface area contributed by atoms with Crippen LogP contribution in [0.3, 0.4) is 0 Å². The Morgan fingerprint density at radius 3 is 2.74 bits per heavy atom. The first-order valence-corrected chi connectivity index (χ1v) is 6.95. The van der Waals surface area contributed by atoms with E-state index in [0.717, 1.165) is 37.2 Å². The van der Waals surface area contributed by atoms with E-state index in [1.807, 2.05) is 19.1 Å². The Hall–Kier alpha value is -1.55. The van der Waals surface area contributed by atoms with E-state index >= 15 is 0 Å². The Balaban J connectivity index is 2.56. The molecule has 0 unspecified atom stereocenters. The van der Waals surface area contributed by atoms with Crippen molar-refractivity contribution >= 4 is 17.3 Å². The largest absolute Gasteiger partial charge is 0.399 e. The Morgan fingerprint density at radius 2 is 2.11 bits per heavy atom. The Morgan fingerprint density at radius 1 is 1.37 bits per heavy atom. The smallest absolute Gasteiger partial charge is 0.238 e. The zero-order valence-electron chi connectivity index (χ0n) is 12.2. The van der Waals surface area contributed by atoms with Crippen molar-refractivity contribution in [3.63, 3.8) is 0 Å². The van der Waals surface area contributed by atoms with Gasteiger partial charge in [-0.2, -0.15) is 0 Å². The summed E-state index contributed by atoms with van der Waals surface area (Å²) in [5.41, 5.74) is 8.23. The van der Waals surface area contributed by atoms with Crippen LogP contribution in [0.25, 0.3) is 0 Å². The lowest BCUT2D eigenvalue weighted by atomic mass is 10.2. The second kappa shape index (κ2) is 7.79. The quantitative estimate of drug-likeness (QED) is 0.743. The van der Waals surface area contributed by atoms with Crippen LogP contribution in [-0.4, -0.2) is 30.4 Å². The molecule has 19 heavy (non-hydrogen) atoms. The first-order valence-electron chi connectivity index (χ1n) is 6.95. The van der Waals surface area contributed by atoms with Crippen LogP contribution < -0.4 is 11.1 Å². The minimum Gasteiger partial charge on any atom is -0.399 e. The van der Waals surface area contributed by atoms with E-state index in [0.29, 0.717) is 12.2 Å². The second-order valence-electron chi connectivity index (χ2n) is 4.84. The van der Waals surface area contributed by atoms with Gasteiger partial charge >= 0.3 is 0 Å². The van der Waals surface area contributed by atoms with Crippen molar-refractivity contribution in [1.29, 1.82) is 0 Å². The van der Waals surface area contributed by atoms with Gasteiger partial charge in [-0.3, -0.25) is 9.69 Å². The predicted molar refractivity (Wildman–Crippen MR) is 81.2 cm³/mol. The lowest BCUT2D eigenvalue weighted by molar-refractivity contribution is -0.117. The van der Waals surface area contributed by atoms with Crippen molar-refractivity contribution in [2.24, 2.45) is 0 Å². The standard InChI is InChI=1S/C15H25N3O/c1-4-6-9-18(5-2)11-15(19)17-14-10-13(16)8-7-12(14)3/h7-8,10H,4-6,9,11,16H2,1-3H3,(H,17,19). The molecule has 0 aliphatic heterocycles. The third kappa shape index (κ3) is 5.30. The number of carbonyl (C=O) groups is 1. The van der Waals surface area contributed by atoms with Crippen molar-refractivity contribution in [2.45, 2.75) is 33.6 Å². The highest BCUT2D eigenvalue weighted by molar-refractivity contribution is 5.93. The lowest BCUT2D eigenvalue weighted by Gasteiger charge is -2.19. The average Bonchev–Trinajstić information content (AvgIpc) is 2.38. The van der Waals surface area contributed by atoms with E-state index in [2.05, 4.69) is 24.1 Å². The molecule has 4 heteroatoms. The molecule has 0 atom stereocenters. The molecule has 0 aliphatic rings. The number of aryl methyl sites for hydroxylation is 1. The number of unbranched alkanes of at least 4 members (excludes halogenated alkanes) is 1. The monoisotopic (exact) mass is 263 g/mol. The molecule has 0 radical (unpaired) electrons. The van der Waals surface area contributed by atoms with Crippen LogP contribution in [0.1, 0.15) is 32.3 Å². The lowest BCUT2D eigenvalue weighted by Crippen LogP contribution is -2.34. The first-order chi connectivity index (χ1) is 9.06. The van der Waals surface area contributed by atoms with Gasteiger partial charge in [0, 0.05) is 11.4 Å². The van der Waals surface area contributed by atoms with Gasteiger partial charge in [0.05, 0.1) is 6.54 Å². The molecule has 1 aromatic carbocycles. The van der Waals surface area contributed by atoms with Crippen molar-refractivity contribution < 1.29 is 4.79 Å². The van der Waals surface area contributed by atoms with Crippen LogP contribution in [0.15, 0.2) is 18.2 Å². The Kier molecular flexibility index (Phi) is 6.36. The van der Waals surface area contributed by atoms with Crippen molar-refractivity contribution in [2.75, 3.05) is 30.7 Å². The number of anilines is 2. The predicted octanol–water partition coefficient (Wildman–Crippen LogP) is 2.64. The number of hydrogen-bond donors (Lipinski definition) is 2. The Bertz CT molecular complexity index is 418. The topological polar surface area (TPSA) is 58.4 Å². The van der Waals surface area contributed by atoms with Gasteiger partial charge in [-0.15, -0.1) is 0 Å². The number of nitrogen functional groups attached to an aromatic ring is 1. The fourth-order valence-electron chi connectivity index (χ4n) is 1.90. The summed E-state index contributed by atoms with van der Waals surface area (Å²) in [4.78, 5) is 14.2. The van der Waals surface area contributed by atoms with E-state index in [1.54, 1.807) is 6.07 Å². The molecule has 1 rings (SSSR count). The van der Waals surface area contributed by atoms with Gasteiger partial charge in [0.2, 0.25) is 5.91 Å². The number of rotatable bonds is 7. The number of likely N-dealkylation sites (N-methyl/N-ethyl adjacent to an activating group) is 1. The summed E-state index contributed by atoms with van der Waals surface area (Å²) in [6.07, 6.45) is 2.27. The summed E-state index contributed by atoms with van der Waals surface area (Å²) in [5, 5.41) is 2.93. The normalized spacial score (nSPS) is 10.7. The number of nitrogens with two attached hydrogens (primary N) is 1. The SMILES string of the molecule is CCCCN(CC)CC(=O)Nc1cc(N)ccc1C. The fourth-order valence-corrected chi connectivity index (χ4v) is 1.90. The van der Waals surface area contributed by atoms with Crippen LogP contribution in [0.4, 0.5) is 11.4 Å². The number of amides is 1. The van der Waals surface area contributed by atoms with Gasteiger partial charge in [0.15, 0.2) is 0 Å². The van der Waals surface area contributed by atoms with Crippen LogP contribution in [-0.2, 0) is 4.79 Å². The third-order valence-corrected chi connectivity index (χ3v) is 3.18. The molecule has 106 valence electrons. The van der Waals surface area contributed by atoms with E-state index < -0.39 is 0 Å². The zero-order valence-corrected chi connectivity index (χ0v) is 12.2. The van der Waals surface area contributed by atoms with Crippen molar-refractivity contribution in [1.82, 2.24) is 4.90 Å². The zero-order chi connectivity index (χ0) is 14.3. The number of carbonyl (C=O) groups excluding carboxylic acids is 1. The van der Waals surface area contributed by atoms with Gasteiger partial charge in [-0.25, -0.2) is 0 Å². The molecule has 1 amide bonds. The minimum absolute atomic E-state index is 0.0200. The third-order valence-electron chi connectivity index (χ3n) is 3.18. The number of nitrogens with one attached hydrogen (secondary N) is 1. The van der Waals surface area contributed by atoms with Gasteiger partial charge in [-0.05, 0) is 44.1 Å². The summed E-state index contributed by atoms with van der Waals surface area (Å²) in [5.74, 6) is 0.0200. The van der Waals surface area contributed by atoms with Gasteiger partial charge in [0.25, 0.3) is 0 Å². The second-order valence-corrected chi connectivity index (χ2v) is 4.84. The molecule has 0 saturated heterocycles. The molecule has 0 fully saturated rings. The molecule has 0 spiro atoms. The molecular formula is C15H25N3O. The highest BCUT2D eigenvalue weighted by atomic mass is 16.2. The van der Waals surface area contributed by atoms with Crippen LogP contribution in [0, 0.1) is 6.92 Å².